The van der Waals surface area contributed by atoms with Crippen LogP contribution >= 0.6 is 0 Å². The molecular weight excluding hydrogens is 458 g/mol. The number of sulfonamides is 1. The Kier molecular flexibility index (Phi) is 7.67. The fourth-order valence-electron chi connectivity index (χ4n) is 6.91. The Bertz CT molecular complexity index is 857. The molecule has 2 saturated heterocycles. The molecule has 0 aromatic rings. The summed E-state index contributed by atoms with van der Waals surface area (Å²) >= 11 is 0. The van der Waals surface area contributed by atoms with Crippen LogP contribution in [0.15, 0.2) is 0 Å². The molecule has 2 saturated carbocycles. The quantitative estimate of drug-likeness (QED) is 0.590. The molecule has 9 nitrogen and oxygen atoms in total. The molecule has 194 valence electrons. The minimum atomic E-state index is -3.07. The first-order valence-electron chi connectivity index (χ1n) is 13.0. The highest BCUT2D eigenvalue weighted by atomic mass is 32.2. The molecule has 4 fully saturated rings. The fourth-order valence-corrected chi connectivity index (χ4v) is 8.72. The van der Waals surface area contributed by atoms with Gasteiger partial charge in [-0.05, 0) is 84.0 Å². The van der Waals surface area contributed by atoms with E-state index in [1.165, 1.54) is 7.11 Å². The standard InChI is InChI=1S/C24H41N3O6S/c1-16(2)33-23(28)25-15-17(3)27(24(29)32-4)21-11-8-19(14-22(21)25)18-6-9-20(10-7-18)26-12-5-13-34(26,30)31/h16-22H,5-15H2,1-4H3/t17-,18?,19?,20?,21?,22?/m0/s1. The third kappa shape index (κ3) is 5.03. The Morgan fingerprint density at radius 1 is 0.941 bits per heavy atom. The number of nitrogens with zero attached hydrogens (tertiary/aromatic N) is 3. The van der Waals surface area contributed by atoms with E-state index in [2.05, 4.69) is 0 Å². The van der Waals surface area contributed by atoms with Crippen molar-refractivity contribution < 1.29 is 27.5 Å². The summed E-state index contributed by atoms with van der Waals surface area (Å²) in [5, 5.41) is 0. The molecule has 4 aliphatic rings. The van der Waals surface area contributed by atoms with Crippen LogP contribution in [0.3, 0.4) is 0 Å². The number of methoxy groups -OCH3 is 1. The Morgan fingerprint density at radius 2 is 1.62 bits per heavy atom. The van der Waals surface area contributed by atoms with E-state index in [4.69, 9.17) is 9.47 Å². The summed E-state index contributed by atoms with van der Waals surface area (Å²) in [4.78, 5) is 29.3. The van der Waals surface area contributed by atoms with Crippen molar-refractivity contribution in [1.29, 1.82) is 0 Å². The van der Waals surface area contributed by atoms with E-state index in [9.17, 15) is 18.0 Å². The zero-order valence-electron chi connectivity index (χ0n) is 21.0. The molecule has 0 N–H and O–H groups in total. The number of rotatable bonds is 3. The molecule has 0 radical (unpaired) electrons. The minimum Gasteiger partial charge on any atom is -0.453 e. The maximum atomic E-state index is 13.0. The van der Waals surface area contributed by atoms with Gasteiger partial charge in [0.15, 0.2) is 0 Å². The minimum absolute atomic E-state index is 0.0711. The van der Waals surface area contributed by atoms with Crippen LogP contribution in [-0.4, -0.2) is 90.9 Å². The Morgan fingerprint density at radius 3 is 2.21 bits per heavy atom. The maximum absolute atomic E-state index is 13.0. The van der Waals surface area contributed by atoms with Gasteiger partial charge < -0.3 is 14.4 Å². The van der Waals surface area contributed by atoms with Crippen LogP contribution < -0.4 is 0 Å². The van der Waals surface area contributed by atoms with Crippen LogP contribution in [0, 0.1) is 11.8 Å². The lowest BCUT2D eigenvalue weighted by Crippen LogP contribution is -2.67. The molecule has 10 heteroatoms. The van der Waals surface area contributed by atoms with Crippen molar-refractivity contribution in [2.45, 2.75) is 102 Å². The monoisotopic (exact) mass is 499 g/mol. The van der Waals surface area contributed by atoms with E-state index in [1.807, 2.05) is 30.6 Å². The molecule has 4 atom stereocenters. The van der Waals surface area contributed by atoms with Gasteiger partial charge in [0.1, 0.15) is 0 Å². The van der Waals surface area contributed by atoms with E-state index in [0.29, 0.717) is 24.9 Å². The highest BCUT2D eigenvalue weighted by Gasteiger charge is 2.49. The third-order valence-electron chi connectivity index (χ3n) is 8.42. The molecular formula is C24H41N3O6S. The number of carbonyl (C=O) groups is 2. The molecule has 2 amide bonds. The molecule has 2 aliphatic carbocycles. The summed E-state index contributed by atoms with van der Waals surface area (Å²) in [6.07, 6.45) is 6.47. The lowest BCUT2D eigenvalue weighted by molar-refractivity contribution is -0.0474. The first-order valence-corrected chi connectivity index (χ1v) is 14.6. The molecule has 0 bridgehead atoms. The Balaban J connectivity index is 1.45. The van der Waals surface area contributed by atoms with E-state index in [-0.39, 0.29) is 48.2 Å². The molecule has 2 aliphatic heterocycles. The van der Waals surface area contributed by atoms with Crippen molar-refractivity contribution in [2.75, 3.05) is 26.0 Å². The largest absolute Gasteiger partial charge is 0.453 e. The number of piperazine rings is 1. The van der Waals surface area contributed by atoms with E-state index < -0.39 is 10.0 Å². The predicted molar refractivity (Wildman–Crippen MR) is 128 cm³/mol. The van der Waals surface area contributed by atoms with E-state index in [1.54, 1.807) is 4.31 Å². The van der Waals surface area contributed by atoms with E-state index >= 15 is 0 Å². The van der Waals surface area contributed by atoms with Crippen LogP contribution in [0.5, 0.6) is 0 Å². The van der Waals surface area contributed by atoms with Crippen molar-refractivity contribution in [3.05, 3.63) is 0 Å². The van der Waals surface area contributed by atoms with Crippen molar-refractivity contribution in [2.24, 2.45) is 11.8 Å². The summed E-state index contributed by atoms with van der Waals surface area (Å²) in [6.45, 7) is 6.77. The summed E-state index contributed by atoms with van der Waals surface area (Å²) in [5.41, 5.74) is 0. The van der Waals surface area contributed by atoms with E-state index in [0.717, 1.165) is 51.4 Å². The Labute approximate surface area is 204 Å². The molecule has 0 spiro atoms. The van der Waals surface area contributed by atoms with Crippen LogP contribution in [0.25, 0.3) is 0 Å². The number of amides is 2. The van der Waals surface area contributed by atoms with Gasteiger partial charge in [-0.15, -0.1) is 0 Å². The molecule has 0 aromatic heterocycles. The molecule has 3 unspecified atom stereocenters. The number of hydrogen-bond acceptors (Lipinski definition) is 6. The Hall–Kier alpha value is -1.55. The maximum Gasteiger partial charge on any atom is 0.410 e. The summed E-state index contributed by atoms with van der Waals surface area (Å²) < 4.78 is 37.1. The highest BCUT2D eigenvalue weighted by Crippen LogP contribution is 2.44. The highest BCUT2D eigenvalue weighted by molar-refractivity contribution is 7.89. The molecule has 0 aromatic carbocycles. The van der Waals surface area contributed by atoms with Crippen molar-refractivity contribution in [3.63, 3.8) is 0 Å². The first-order chi connectivity index (χ1) is 16.1. The van der Waals surface area contributed by atoms with Crippen molar-refractivity contribution in [1.82, 2.24) is 14.1 Å². The fraction of sp³-hybridized carbons (Fsp3) is 0.917. The van der Waals surface area contributed by atoms with Gasteiger partial charge in [0, 0.05) is 19.1 Å². The van der Waals surface area contributed by atoms with Crippen LogP contribution in [0.2, 0.25) is 0 Å². The van der Waals surface area contributed by atoms with Crippen LogP contribution in [0.4, 0.5) is 9.59 Å². The lowest BCUT2D eigenvalue weighted by atomic mass is 9.69. The normalized spacial score (nSPS) is 36.3. The number of carbonyl (C=O) groups excluding carboxylic acids is 2. The number of hydrogen-bond donors (Lipinski definition) is 0. The van der Waals surface area contributed by atoms with Gasteiger partial charge >= 0.3 is 12.2 Å². The lowest BCUT2D eigenvalue weighted by Gasteiger charge is -2.54. The first kappa shape index (κ1) is 25.5. The van der Waals surface area contributed by atoms with Gasteiger partial charge in [-0.2, -0.15) is 4.31 Å². The van der Waals surface area contributed by atoms with Crippen molar-refractivity contribution in [3.8, 4) is 0 Å². The summed E-state index contributed by atoms with van der Waals surface area (Å²) in [6, 6.07) is -0.152. The summed E-state index contributed by atoms with van der Waals surface area (Å²) in [7, 11) is -1.66. The van der Waals surface area contributed by atoms with Gasteiger partial charge in [-0.25, -0.2) is 18.0 Å². The second-order valence-corrected chi connectivity index (χ2v) is 12.9. The zero-order chi connectivity index (χ0) is 24.6. The van der Waals surface area contributed by atoms with Gasteiger partial charge in [-0.3, -0.25) is 4.90 Å². The average molecular weight is 500 g/mol. The van der Waals surface area contributed by atoms with Gasteiger partial charge in [0.05, 0.1) is 37.1 Å². The smallest absolute Gasteiger partial charge is 0.410 e. The molecule has 2 heterocycles. The van der Waals surface area contributed by atoms with Crippen LogP contribution in [-0.2, 0) is 19.5 Å². The average Bonchev–Trinajstić information content (AvgIpc) is 3.16. The number of fused-ring (bicyclic) bond motifs is 1. The predicted octanol–water partition coefficient (Wildman–Crippen LogP) is 3.44. The van der Waals surface area contributed by atoms with Crippen LogP contribution in [0.1, 0.15) is 72.1 Å². The topological polar surface area (TPSA) is 96.5 Å². The second kappa shape index (κ2) is 10.2. The van der Waals surface area contributed by atoms with Gasteiger partial charge in [-0.1, -0.05) is 0 Å². The number of ether oxygens (including phenoxy) is 2. The van der Waals surface area contributed by atoms with Gasteiger partial charge in [0.2, 0.25) is 10.0 Å². The van der Waals surface area contributed by atoms with Gasteiger partial charge in [0.25, 0.3) is 0 Å². The third-order valence-corrected chi connectivity index (χ3v) is 10.4. The summed E-state index contributed by atoms with van der Waals surface area (Å²) in [5.74, 6) is 1.27. The zero-order valence-corrected chi connectivity index (χ0v) is 21.8. The molecule has 34 heavy (non-hydrogen) atoms. The SMILES string of the molecule is COC(=O)N1C2CCC(C3CCC(N4CCCS4(=O)=O)CC3)CC2N(C(=O)OC(C)C)C[C@@H]1C. The molecule has 4 rings (SSSR count). The van der Waals surface area contributed by atoms with Crippen molar-refractivity contribution >= 4 is 22.2 Å². The second-order valence-electron chi connectivity index (χ2n) is 10.9.